The third-order valence-electron chi connectivity index (χ3n) is 13.1. The first-order valence-electron chi connectivity index (χ1n) is 29.6. The molecule has 0 aromatic rings. The summed E-state index contributed by atoms with van der Waals surface area (Å²) in [6.07, 6.45) is 69.7. The highest BCUT2D eigenvalue weighted by atomic mass is 16.6. The van der Waals surface area contributed by atoms with Crippen molar-refractivity contribution in [3.63, 3.8) is 0 Å². The summed E-state index contributed by atoms with van der Waals surface area (Å²) in [6, 6.07) is 0. The Kier molecular flexibility index (Phi) is 54.8. The molecular weight excluding hydrogens is 841 g/mol. The lowest BCUT2D eigenvalue weighted by atomic mass is 10.0. The average Bonchev–Trinajstić information content (AvgIpc) is 3.34. The van der Waals surface area contributed by atoms with Crippen molar-refractivity contribution < 1.29 is 28.6 Å². The third kappa shape index (κ3) is 54.3. The molecular formula is C62H112O6. The second kappa shape index (κ2) is 57.0. The third-order valence-corrected chi connectivity index (χ3v) is 13.1. The van der Waals surface area contributed by atoms with Crippen LogP contribution in [0.15, 0.2) is 48.6 Å². The zero-order chi connectivity index (χ0) is 49.3. The molecule has 1 atom stereocenters. The van der Waals surface area contributed by atoms with Gasteiger partial charge in [-0.3, -0.25) is 14.4 Å². The van der Waals surface area contributed by atoms with Crippen molar-refractivity contribution in [2.24, 2.45) is 0 Å². The van der Waals surface area contributed by atoms with Crippen LogP contribution in [0.2, 0.25) is 0 Å². The molecule has 0 bridgehead atoms. The summed E-state index contributed by atoms with van der Waals surface area (Å²) in [6.45, 7) is 6.52. The molecule has 6 heteroatoms. The number of carbonyl (C=O) groups is 3. The highest BCUT2D eigenvalue weighted by molar-refractivity contribution is 5.71. The predicted octanol–water partition coefficient (Wildman–Crippen LogP) is 19.8. The summed E-state index contributed by atoms with van der Waals surface area (Å²) < 4.78 is 16.9. The van der Waals surface area contributed by atoms with Crippen LogP contribution in [0.3, 0.4) is 0 Å². The Labute approximate surface area is 422 Å². The van der Waals surface area contributed by atoms with Crippen LogP contribution < -0.4 is 0 Å². The van der Waals surface area contributed by atoms with Gasteiger partial charge in [-0.15, -0.1) is 0 Å². The molecule has 0 saturated carbocycles. The molecule has 0 rings (SSSR count). The summed E-state index contributed by atoms with van der Waals surface area (Å²) in [5.41, 5.74) is 0. The van der Waals surface area contributed by atoms with Crippen molar-refractivity contribution in [2.45, 2.75) is 316 Å². The van der Waals surface area contributed by atoms with Crippen molar-refractivity contribution in [1.82, 2.24) is 0 Å². The lowest BCUT2D eigenvalue weighted by Gasteiger charge is -2.18. The molecule has 0 aromatic carbocycles. The van der Waals surface area contributed by atoms with E-state index in [0.717, 1.165) is 89.9 Å². The molecule has 0 aliphatic heterocycles. The summed E-state index contributed by atoms with van der Waals surface area (Å²) in [5.74, 6) is -0.882. The first-order valence-corrected chi connectivity index (χ1v) is 29.6. The van der Waals surface area contributed by atoms with E-state index in [1.165, 1.54) is 180 Å². The molecule has 1 unspecified atom stereocenters. The van der Waals surface area contributed by atoms with E-state index in [9.17, 15) is 14.4 Å². The largest absolute Gasteiger partial charge is 0.462 e. The Hall–Kier alpha value is -2.63. The SMILES string of the molecule is CC/C=C\C/C=C\C/C=C\CCCCCCCCCC(=O)OC(COC(=O)CCCCCCC/C=C\CCCC)COC(=O)CCCCCCCCCCCCCCCCCCCCCCCC. The molecule has 0 aliphatic carbocycles. The Morgan fingerprint density at radius 2 is 0.588 bits per heavy atom. The van der Waals surface area contributed by atoms with E-state index >= 15 is 0 Å². The molecule has 396 valence electrons. The molecule has 6 nitrogen and oxygen atoms in total. The Balaban J connectivity index is 4.26. The van der Waals surface area contributed by atoms with Gasteiger partial charge in [0.25, 0.3) is 0 Å². The standard InChI is InChI=1S/C62H112O6/c1-4-7-10-13-16-19-22-24-26-28-29-30-31-32-34-35-37-40-43-46-49-52-55-61(64)67-58-59(57-66-60(63)54-51-48-45-42-39-21-18-15-12-9-6-3)68-62(65)56-53-50-47-44-41-38-36-33-27-25-23-20-17-14-11-8-5-2/h8,11,15,17-18,20,25,27,59H,4-7,9-10,12-14,16,19,21-24,26,28-58H2,1-3H3/b11-8-,18-15-,20-17-,27-25-. The summed E-state index contributed by atoms with van der Waals surface area (Å²) in [5, 5.41) is 0. The quantitative estimate of drug-likeness (QED) is 0.0262. The molecule has 0 saturated heterocycles. The van der Waals surface area contributed by atoms with Crippen LogP contribution in [0.1, 0.15) is 310 Å². The molecule has 68 heavy (non-hydrogen) atoms. The van der Waals surface area contributed by atoms with Gasteiger partial charge in [-0.25, -0.2) is 0 Å². The first-order chi connectivity index (χ1) is 33.5. The summed E-state index contributed by atoms with van der Waals surface area (Å²) in [4.78, 5) is 38.1. The van der Waals surface area contributed by atoms with Gasteiger partial charge in [0.1, 0.15) is 13.2 Å². The summed E-state index contributed by atoms with van der Waals surface area (Å²) in [7, 11) is 0. The maximum atomic E-state index is 12.8. The van der Waals surface area contributed by atoms with Crippen molar-refractivity contribution in [1.29, 1.82) is 0 Å². The second-order valence-corrected chi connectivity index (χ2v) is 19.9. The number of unbranched alkanes of at least 4 members (excludes halogenated alkanes) is 35. The van der Waals surface area contributed by atoms with Gasteiger partial charge in [-0.2, -0.15) is 0 Å². The molecule has 0 N–H and O–H groups in total. The van der Waals surface area contributed by atoms with E-state index in [2.05, 4.69) is 69.4 Å². The first kappa shape index (κ1) is 65.4. The Morgan fingerprint density at radius 3 is 0.956 bits per heavy atom. The highest BCUT2D eigenvalue weighted by Gasteiger charge is 2.19. The van der Waals surface area contributed by atoms with Gasteiger partial charge in [0.15, 0.2) is 6.10 Å². The minimum Gasteiger partial charge on any atom is -0.462 e. The number of rotatable bonds is 54. The van der Waals surface area contributed by atoms with E-state index in [-0.39, 0.29) is 31.1 Å². The zero-order valence-electron chi connectivity index (χ0n) is 45.4. The molecule has 0 aliphatic rings. The average molecular weight is 954 g/mol. The predicted molar refractivity (Wildman–Crippen MR) is 293 cm³/mol. The lowest BCUT2D eigenvalue weighted by Crippen LogP contribution is -2.30. The van der Waals surface area contributed by atoms with Gasteiger partial charge in [0.05, 0.1) is 0 Å². The smallest absolute Gasteiger partial charge is 0.306 e. The Bertz CT molecular complexity index is 1190. The van der Waals surface area contributed by atoms with E-state index in [1.54, 1.807) is 0 Å². The molecule has 0 aromatic heterocycles. The monoisotopic (exact) mass is 953 g/mol. The minimum atomic E-state index is -0.779. The lowest BCUT2D eigenvalue weighted by molar-refractivity contribution is -0.167. The number of allylic oxidation sites excluding steroid dienone is 8. The molecule has 0 heterocycles. The van der Waals surface area contributed by atoms with Gasteiger partial charge in [0.2, 0.25) is 0 Å². The van der Waals surface area contributed by atoms with E-state index in [4.69, 9.17) is 14.2 Å². The fourth-order valence-electron chi connectivity index (χ4n) is 8.62. The van der Waals surface area contributed by atoms with Crippen LogP contribution in [0, 0.1) is 0 Å². The van der Waals surface area contributed by atoms with Crippen molar-refractivity contribution in [3.05, 3.63) is 48.6 Å². The maximum absolute atomic E-state index is 12.8. The topological polar surface area (TPSA) is 78.9 Å². The number of esters is 3. The normalized spacial score (nSPS) is 12.3. The maximum Gasteiger partial charge on any atom is 0.306 e. The van der Waals surface area contributed by atoms with Gasteiger partial charge < -0.3 is 14.2 Å². The summed E-state index contributed by atoms with van der Waals surface area (Å²) >= 11 is 0. The van der Waals surface area contributed by atoms with Crippen LogP contribution >= 0.6 is 0 Å². The number of hydrogen-bond acceptors (Lipinski definition) is 6. The van der Waals surface area contributed by atoms with Crippen molar-refractivity contribution in [3.8, 4) is 0 Å². The minimum absolute atomic E-state index is 0.0768. The number of carbonyl (C=O) groups excluding carboxylic acids is 3. The van der Waals surface area contributed by atoms with E-state index < -0.39 is 6.10 Å². The van der Waals surface area contributed by atoms with Crippen LogP contribution in [-0.4, -0.2) is 37.2 Å². The van der Waals surface area contributed by atoms with Crippen molar-refractivity contribution in [2.75, 3.05) is 13.2 Å². The zero-order valence-corrected chi connectivity index (χ0v) is 45.4. The fourth-order valence-corrected chi connectivity index (χ4v) is 8.62. The van der Waals surface area contributed by atoms with Gasteiger partial charge in [-0.1, -0.05) is 268 Å². The molecule has 0 spiro atoms. The fraction of sp³-hybridized carbons (Fsp3) is 0.823. The van der Waals surface area contributed by atoms with E-state index in [1.807, 2.05) is 0 Å². The molecule has 0 radical (unpaired) electrons. The second-order valence-electron chi connectivity index (χ2n) is 19.9. The number of ether oxygens (including phenoxy) is 3. The van der Waals surface area contributed by atoms with Crippen molar-refractivity contribution >= 4 is 17.9 Å². The van der Waals surface area contributed by atoms with Gasteiger partial charge >= 0.3 is 17.9 Å². The van der Waals surface area contributed by atoms with Crippen LogP contribution in [-0.2, 0) is 28.6 Å². The molecule has 0 fully saturated rings. The van der Waals surface area contributed by atoms with Crippen LogP contribution in [0.4, 0.5) is 0 Å². The van der Waals surface area contributed by atoms with E-state index in [0.29, 0.717) is 19.3 Å². The highest BCUT2D eigenvalue weighted by Crippen LogP contribution is 2.17. The van der Waals surface area contributed by atoms with Crippen LogP contribution in [0.25, 0.3) is 0 Å². The number of hydrogen-bond donors (Lipinski definition) is 0. The van der Waals surface area contributed by atoms with Gasteiger partial charge in [0, 0.05) is 19.3 Å². The Morgan fingerprint density at radius 1 is 0.309 bits per heavy atom. The van der Waals surface area contributed by atoms with Gasteiger partial charge in [-0.05, 0) is 70.6 Å². The van der Waals surface area contributed by atoms with Crippen LogP contribution in [0.5, 0.6) is 0 Å². The molecule has 0 amide bonds.